The first-order valence-corrected chi connectivity index (χ1v) is 15.9. The molecule has 0 unspecified atom stereocenters. The van der Waals surface area contributed by atoms with E-state index in [4.69, 9.17) is 9.47 Å². The molecule has 0 aliphatic carbocycles. The van der Waals surface area contributed by atoms with Gasteiger partial charge in [-0.15, -0.1) is 0 Å². The summed E-state index contributed by atoms with van der Waals surface area (Å²) in [5, 5.41) is 19.3. The highest BCUT2D eigenvalue weighted by Gasteiger charge is 2.11. The Labute approximate surface area is 250 Å². The molecule has 0 aromatic carbocycles. The van der Waals surface area contributed by atoms with Gasteiger partial charge in [-0.1, -0.05) is 126 Å². The molecule has 6 nitrogen and oxygen atoms in total. The summed E-state index contributed by atoms with van der Waals surface area (Å²) in [6, 6.07) is 0. The van der Waals surface area contributed by atoms with Crippen LogP contribution in [0.1, 0.15) is 123 Å². The van der Waals surface area contributed by atoms with Gasteiger partial charge in [0.25, 0.3) is 0 Å². The first kappa shape index (κ1) is 38.6. The van der Waals surface area contributed by atoms with E-state index in [0.717, 1.165) is 51.4 Å². The number of unbranched alkanes of at least 4 members (excludes halogenated alkanes) is 9. The van der Waals surface area contributed by atoms with E-state index in [1.165, 1.54) is 38.5 Å². The molecule has 41 heavy (non-hydrogen) atoms. The minimum atomic E-state index is -0.994. The summed E-state index contributed by atoms with van der Waals surface area (Å²) in [4.78, 5) is 23.7. The number of aliphatic hydroxyl groups excluding tert-OH is 2. The zero-order valence-electron chi connectivity index (χ0n) is 25.9. The van der Waals surface area contributed by atoms with E-state index in [1.54, 1.807) is 6.08 Å². The van der Waals surface area contributed by atoms with Gasteiger partial charge in [0.05, 0.1) is 6.10 Å². The third-order valence-corrected chi connectivity index (χ3v) is 6.42. The molecule has 0 fully saturated rings. The highest BCUT2D eigenvalue weighted by atomic mass is 16.6. The molecule has 0 bridgehead atoms. The number of ether oxygens (including phenoxy) is 2. The third-order valence-electron chi connectivity index (χ3n) is 6.42. The molecule has 0 heterocycles. The molecule has 0 rings (SSSR count). The van der Waals surface area contributed by atoms with Crippen molar-refractivity contribution in [1.82, 2.24) is 0 Å². The summed E-state index contributed by atoms with van der Waals surface area (Å²) in [6.45, 7) is 3.87. The predicted octanol–water partition coefficient (Wildman–Crippen LogP) is 8.25. The maximum absolute atomic E-state index is 11.9. The van der Waals surface area contributed by atoms with Gasteiger partial charge in [-0.2, -0.15) is 0 Å². The molecule has 0 radical (unpaired) electrons. The first-order valence-electron chi connectivity index (χ1n) is 15.9. The van der Waals surface area contributed by atoms with Crippen LogP contribution in [0.2, 0.25) is 0 Å². The molecule has 0 amide bonds. The van der Waals surface area contributed by atoms with E-state index in [9.17, 15) is 19.8 Å². The fraction of sp³-hybridized carbons (Fsp3) is 0.657. The van der Waals surface area contributed by atoms with Crippen molar-refractivity contribution in [2.75, 3.05) is 13.2 Å². The minimum Gasteiger partial charge on any atom is -0.463 e. The van der Waals surface area contributed by atoms with Crippen LogP contribution in [0.3, 0.4) is 0 Å². The maximum Gasteiger partial charge on any atom is 0.305 e. The summed E-state index contributed by atoms with van der Waals surface area (Å²) >= 11 is 0. The van der Waals surface area contributed by atoms with Gasteiger partial charge in [-0.05, 0) is 44.9 Å². The number of rotatable bonds is 27. The highest BCUT2D eigenvalue weighted by Crippen LogP contribution is 2.11. The Morgan fingerprint density at radius 1 is 0.610 bits per heavy atom. The Bertz CT molecular complexity index is 765. The molecule has 0 spiro atoms. The standard InChI is InChI=1S/C35H58O6/c1-3-5-6-7-8-15-19-22-25-28-34(38)40-30-33(37)31-41-35(39)29-26-23-20-17-14-12-10-9-11-13-16-18-21-24-27-32(36)4-2/h10-13,17-18,20-21,24,27,32-33,36-37H,3-9,14-16,19,22-23,25-26,28-31H2,1-2H3/b12-10-,13-11-,20-17-,21-18-,27-24+/t32-,33-/m0/s1. The third kappa shape index (κ3) is 30.3. The second-order valence-corrected chi connectivity index (χ2v) is 10.4. The average molecular weight is 575 g/mol. The lowest BCUT2D eigenvalue weighted by Crippen LogP contribution is -2.25. The topological polar surface area (TPSA) is 93.1 Å². The lowest BCUT2D eigenvalue weighted by molar-refractivity contribution is -0.152. The number of carbonyl (C=O) groups excluding carboxylic acids is 2. The largest absolute Gasteiger partial charge is 0.463 e. The molecule has 2 N–H and O–H groups in total. The van der Waals surface area contributed by atoms with E-state index in [0.29, 0.717) is 19.3 Å². The van der Waals surface area contributed by atoms with Crippen LogP contribution in [0.4, 0.5) is 0 Å². The second-order valence-electron chi connectivity index (χ2n) is 10.4. The van der Waals surface area contributed by atoms with Crippen molar-refractivity contribution in [2.24, 2.45) is 0 Å². The summed E-state index contributed by atoms with van der Waals surface area (Å²) in [7, 11) is 0. The molecular weight excluding hydrogens is 516 g/mol. The highest BCUT2D eigenvalue weighted by molar-refractivity contribution is 5.69. The Kier molecular flexibility index (Phi) is 28.7. The van der Waals surface area contributed by atoms with Gasteiger partial charge in [0.1, 0.15) is 19.3 Å². The van der Waals surface area contributed by atoms with Gasteiger partial charge < -0.3 is 19.7 Å². The molecule has 0 aromatic heterocycles. The van der Waals surface area contributed by atoms with Crippen LogP contribution >= 0.6 is 0 Å². The Morgan fingerprint density at radius 2 is 1.10 bits per heavy atom. The van der Waals surface area contributed by atoms with Crippen LogP contribution in [-0.2, 0) is 19.1 Å². The summed E-state index contributed by atoms with van der Waals surface area (Å²) in [6.07, 6.45) is 35.1. The van der Waals surface area contributed by atoms with E-state index >= 15 is 0 Å². The number of allylic oxidation sites excluding steroid dienone is 9. The molecule has 0 aliphatic heterocycles. The number of hydrogen-bond acceptors (Lipinski definition) is 6. The van der Waals surface area contributed by atoms with E-state index < -0.39 is 6.10 Å². The summed E-state index contributed by atoms with van der Waals surface area (Å²) in [5.74, 6) is -0.660. The summed E-state index contributed by atoms with van der Waals surface area (Å²) in [5.41, 5.74) is 0. The van der Waals surface area contributed by atoms with Gasteiger partial charge in [0.2, 0.25) is 0 Å². The second kappa shape index (κ2) is 30.5. The Hall–Kier alpha value is -2.44. The van der Waals surface area contributed by atoms with E-state index in [2.05, 4.69) is 49.5 Å². The van der Waals surface area contributed by atoms with Gasteiger partial charge in [0.15, 0.2) is 0 Å². The molecule has 0 saturated carbocycles. The monoisotopic (exact) mass is 574 g/mol. The summed E-state index contributed by atoms with van der Waals surface area (Å²) < 4.78 is 10.2. The van der Waals surface area contributed by atoms with Crippen molar-refractivity contribution in [1.29, 1.82) is 0 Å². The van der Waals surface area contributed by atoms with Crippen LogP contribution in [0.15, 0.2) is 60.8 Å². The van der Waals surface area contributed by atoms with Crippen LogP contribution < -0.4 is 0 Å². The van der Waals surface area contributed by atoms with Gasteiger partial charge in [-0.25, -0.2) is 0 Å². The number of hydrogen-bond donors (Lipinski definition) is 2. The Morgan fingerprint density at radius 3 is 1.66 bits per heavy atom. The van der Waals surface area contributed by atoms with Gasteiger partial charge >= 0.3 is 11.9 Å². The maximum atomic E-state index is 11.9. The predicted molar refractivity (Wildman–Crippen MR) is 169 cm³/mol. The number of esters is 2. The lowest BCUT2D eigenvalue weighted by atomic mass is 10.1. The van der Waals surface area contributed by atoms with Crippen molar-refractivity contribution in [2.45, 2.75) is 135 Å². The molecule has 234 valence electrons. The van der Waals surface area contributed by atoms with Gasteiger partial charge in [-0.3, -0.25) is 9.59 Å². The zero-order valence-corrected chi connectivity index (χ0v) is 25.9. The van der Waals surface area contributed by atoms with Crippen LogP contribution in [0.25, 0.3) is 0 Å². The number of carbonyl (C=O) groups is 2. The molecule has 0 aliphatic rings. The Balaban J connectivity index is 3.64. The molecule has 0 saturated heterocycles. The van der Waals surface area contributed by atoms with E-state index in [-0.39, 0.29) is 31.3 Å². The lowest BCUT2D eigenvalue weighted by Gasteiger charge is -2.12. The molecular formula is C35H58O6. The van der Waals surface area contributed by atoms with Crippen molar-refractivity contribution in [3.05, 3.63) is 60.8 Å². The van der Waals surface area contributed by atoms with Gasteiger partial charge in [0, 0.05) is 12.8 Å². The first-order chi connectivity index (χ1) is 20.0. The SMILES string of the molecule is CCCCCCCCCCCC(=O)OC[C@H](O)COC(=O)CCC/C=C\C/C=C\C/C=C\C/C=C\C=C\[C@@H](O)CC. The minimum absolute atomic E-state index is 0.144. The van der Waals surface area contributed by atoms with Crippen LogP contribution in [0.5, 0.6) is 0 Å². The van der Waals surface area contributed by atoms with E-state index in [1.807, 2.05) is 19.1 Å². The fourth-order valence-corrected chi connectivity index (χ4v) is 3.84. The average Bonchev–Trinajstić information content (AvgIpc) is 2.97. The fourth-order valence-electron chi connectivity index (χ4n) is 3.84. The van der Waals surface area contributed by atoms with Crippen LogP contribution in [0, 0.1) is 0 Å². The van der Waals surface area contributed by atoms with Crippen molar-refractivity contribution in [3.8, 4) is 0 Å². The normalized spacial score (nSPS) is 13.8. The molecule has 6 heteroatoms. The number of aliphatic hydroxyl groups is 2. The quantitative estimate of drug-likeness (QED) is 0.0444. The zero-order chi connectivity index (χ0) is 30.2. The van der Waals surface area contributed by atoms with Crippen LogP contribution in [-0.4, -0.2) is 47.6 Å². The molecule has 0 aromatic rings. The smallest absolute Gasteiger partial charge is 0.305 e. The molecule has 2 atom stereocenters. The van der Waals surface area contributed by atoms with Crippen molar-refractivity contribution >= 4 is 11.9 Å². The van der Waals surface area contributed by atoms with Crippen molar-refractivity contribution in [3.63, 3.8) is 0 Å². The van der Waals surface area contributed by atoms with Crippen molar-refractivity contribution < 1.29 is 29.3 Å².